The lowest BCUT2D eigenvalue weighted by Crippen LogP contribution is -2.35. The Bertz CT molecular complexity index is 1290. The zero-order valence-corrected chi connectivity index (χ0v) is 22.3. The lowest BCUT2D eigenvalue weighted by molar-refractivity contribution is 0.0750. The smallest absolute Gasteiger partial charge is 0.254 e. The molecule has 4 aromatic rings. The number of amides is 1. The minimum Gasteiger partial charge on any atom is -0.497 e. The molecule has 3 aromatic carbocycles. The van der Waals surface area contributed by atoms with Gasteiger partial charge >= 0.3 is 0 Å². The summed E-state index contributed by atoms with van der Waals surface area (Å²) in [5.74, 6) is 1.13. The van der Waals surface area contributed by atoms with Gasteiger partial charge in [0.05, 0.1) is 32.8 Å². The third kappa shape index (κ3) is 6.18. The van der Waals surface area contributed by atoms with Crippen molar-refractivity contribution in [2.24, 2.45) is 0 Å². The first kappa shape index (κ1) is 27.9. The fourth-order valence-electron chi connectivity index (χ4n) is 4.51. The van der Waals surface area contributed by atoms with Crippen LogP contribution < -0.4 is 14.4 Å². The molecule has 2 heterocycles. The lowest BCUT2D eigenvalue weighted by Gasteiger charge is -2.24. The summed E-state index contributed by atoms with van der Waals surface area (Å²) in [6.07, 6.45) is 3.53. The Morgan fingerprint density at radius 2 is 1.65 bits per heavy atom. The van der Waals surface area contributed by atoms with Crippen LogP contribution in [0.4, 0.5) is 5.69 Å². The lowest BCUT2D eigenvalue weighted by atomic mass is 10.0. The average molecular weight is 541 g/mol. The molecule has 1 N–H and O–H groups in total. The Morgan fingerprint density at radius 1 is 0.919 bits per heavy atom. The van der Waals surface area contributed by atoms with Crippen LogP contribution in [0.5, 0.6) is 11.5 Å². The first-order chi connectivity index (χ1) is 17.1. The summed E-state index contributed by atoms with van der Waals surface area (Å²) in [7, 11) is 3.17. The summed E-state index contributed by atoms with van der Waals surface area (Å²) in [5, 5.41) is 0. The van der Waals surface area contributed by atoms with Crippen LogP contribution in [0.25, 0.3) is 11.1 Å². The number of carbonyl (C=O) groups is 1. The van der Waals surface area contributed by atoms with Crippen molar-refractivity contribution in [2.45, 2.75) is 13.1 Å². The van der Waals surface area contributed by atoms with Crippen LogP contribution in [0.1, 0.15) is 21.6 Å². The van der Waals surface area contributed by atoms with Crippen LogP contribution in [0, 0.1) is 0 Å². The van der Waals surface area contributed by atoms with Gasteiger partial charge in [0.2, 0.25) is 0 Å². The molecule has 0 radical (unpaired) electrons. The van der Waals surface area contributed by atoms with E-state index in [9.17, 15) is 4.79 Å². The molecular formula is C28H30Cl2N4O3. The van der Waals surface area contributed by atoms with E-state index in [4.69, 9.17) is 9.47 Å². The van der Waals surface area contributed by atoms with Crippen molar-refractivity contribution in [3.63, 3.8) is 0 Å². The van der Waals surface area contributed by atoms with Gasteiger partial charge in [-0.05, 0) is 41.0 Å². The van der Waals surface area contributed by atoms with Gasteiger partial charge in [-0.15, -0.1) is 24.8 Å². The van der Waals surface area contributed by atoms with E-state index in [0.29, 0.717) is 43.2 Å². The number of hydrogen-bond donors (Lipinski definition) is 1. The molecule has 1 aromatic heterocycles. The highest BCUT2D eigenvalue weighted by molar-refractivity contribution is 5.95. The number of ether oxygens (including phenoxy) is 2. The zero-order chi connectivity index (χ0) is 24.2. The van der Waals surface area contributed by atoms with Gasteiger partial charge in [-0.2, -0.15) is 0 Å². The van der Waals surface area contributed by atoms with Crippen molar-refractivity contribution >= 4 is 36.4 Å². The molecule has 0 fully saturated rings. The second-order valence-corrected chi connectivity index (χ2v) is 8.54. The highest BCUT2D eigenvalue weighted by Crippen LogP contribution is 2.32. The number of benzene rings is 3. The van der Waals surface area contributed by atoms with E-state index in [1.807, 2.05) is 29.3 Å². The van der Waals surface area contributed by atoms with Crippen molar-refractivity contribution in [2.75, 3.05) is 32.2 Å². The molecule has 1 aliphatic heterocycles. The number of fused-ring (bicyclic) bond motifs is 1. The van der Waals surface area contributed by atoms with E-state index in [0.717, 1.165) is 28.1 Å². The molecule has 0 bridgehead atoms. The number of anilines is 1. The van der Waals surface area contributed by atoms with Crippen LogP contribution in [-0.2, 0) is 13.1 Å². The number of carbonyl (C=O) groups excluding carboxylic acids is 1. The Kier molecular flexibility index (Phi) is 9.44. The largest absolute Gasteiger partial charge is 0.497 e. The van der Waals surface area contributed by atoms with Gasteiger partial charge < -0.3 is 24.3 Å². The highest BCUT2D eigenvalue weighted by atomic mass is 35.5. The van der Waals surface area contributed by atoms with Gasteiger partial charge in [0.15, 0.2) is 0 Å². The quantitative estimate of drug-likeness (QED) is 0.344. The minimum atomic E-state index is -0.0540. The maximum atomic E-state index is 13.7. The van der Waals surface area contributed by atoms with Crippen LogP contribution in [0.15, 0.2) is 79.3 Å². The topological polar surface area (TPSA) is 70.7 Å². The van der Waals surface area contributed by atoms with Crippen molar-refractivity contribution in [1.82, 2.24) is 14.9 Å². The molecule has 0 atom stereocenters. The minimum absolute atomic E-state index is 0. The van der Waals surface area contributed by atoms with Crippen LogP contribution >= 0.6 is 24.8 Å². The Morgan fingerprint density at radius 3 is 2.30 bits per heavy atom. The predicted molar refractivity (Wildman–Crippen MR) is 150 cm³/mol. The van der Waals surface area contributed by atoms with Crippen LogP contribution in [0.3, 0.4) is 0 Å². The number of nitrogens with one attached hydrogen (secondary N) is 1. The molecule has 9 heteroatoms. The second kappa shape index (κ2) is 12.5. The van der Waals surface area contributed by atoms with E-state index in [1.165, 1.54) is 0 Å². The summed E-state index contributed by atoms with van der Waals surface area (Å²) in [4.78, 5) is 25.2. The summed E-state index contributed by atoms with van der Waals surface area (Å²) >= 11 is 0. The van der Waals surface area contributed by atoms with E-state index in [1.54, 1.807) is 38.7 Å². The first-order valence-corrected chi connectivity index (χ1v) is 11.6. The summed E-state index contributed by atoms with van der Waals surface area (Å²) in [6, 6.07) is 22.1. The molecule has 0 spiro atoms. The van der Waals surface area contributed by atoms with Crippen molar-refractivity contribution < 1.29 is 14.3 Å². The van der Waals surface area contributed by atoms with Crippen LogP contribution in [-0.4, -0.2) is 48.1 Å². The van der Waals surface area contributed by atoms with Crippen molar-refractivity contribution in [3.8, 4) is 22.6 Å². The molecule has 0 aliphatic carbocycles. The van der Waals surface area contributed by atoms with Gasteiger partial charge in [0, 0.05) is 43.1 Å². The van der Waals surface area contributed by atoms with E-state index in [-0.39, 0.29) is 30.7 Å². The SMILES string of the molecule is COc1cc(OC)cc(C(=O)N2CCN(Cc3cnc[nH]3)c3ccc(-c4ccccc4)cc3C2)c1.Cl.Cl. The number of aromatic nitrogens is 2. The van der Waals surface area contributed by atoms with Gasteiger partial charge in [0.1, 0.15) is 11.5 Å². The summed E-state index contributed by atoms with van der Waals surface area (Å²) < 4.78 is 10.8. The van der Waals surface area contributed by atoms with Gasteiger partial charge in [-0.25, -0.2) is 4.98 Å². The maximum Gasteiger partial charge on any atom is 0.254 e. The molecule has 7 nitrogen and oxygen atoms in total. The van der Waals surface area contributed by atoms with E-state index < -0.39 is 0 Å². The molecule has 194 valence electrons. The monoisotopic (exact) mass is 540 g/mol. The summed E-state index contributed by atoms with van der Waals surface area (Å²) in [5.41, 5.74) is 6.08. The molecule has 5 rings (SSSR count). The maximum absolute atomic E-state index is 13.7. The van der Waals surface area contributed by atoms with Crippen LogP contribution in [0.2, 0.25) is 0 Å². The fraction of sp³-hybridized carbons (Fsp3) is 0.214. The molecule has 0 unspecified atom stereocenters. The number of halogens is 2. The molecule has 1 aliphatic rings. The van der Waals surface area contributed by atoms with Crippen molar-refractivity contribution in [1.29, 1.82) is 0 Å². The summed E-state index contributed by atoms with van der Waals surface area (Å²) in [6.45, 7) is 2.48. The van der Waals surface area contributed by atoms with Crippen molar-refractivity contribution in [3.05, 3.63) is 96.1 Å². The van der Waals surface area contributed by atoms with Gasteiger partial charge in [0.25, 0.3) is 5.91 Å². The second-order valence-electron chi connectivity index (χ2n) is 8.54. The number of nitrogens with zero attached hydrogens (tertiary/aromatic N) is 3. The van der Waals surface area contributed by atoms with Gasteiger partial charge in [-0.1, -0.05) is 36.4 Å². The number of hydrogen-bond acceptors (Lipinski definition) is 5. The predicted octanol–water partition coefficient (Wildman–Crippen LogP) is 5.60. The average Bonchev–Trinajstić information content (AvgIpc) is 3.36. The normalized spacial score (nSPS) is 12.5. The highest BCUT2D eigenvalue weighted by Gasteiger charge is 2.25. The Labute approximate surface area is 229 Å². The fourth-order valence-corrected chi connectivity index (χ4v) is 4.51. The molecular weight excluding hydrogens is 511 g/mol. The number of imidazole rings is 1. The van der Waals surface area contributed by atoms with Gasteiger partial charge in [-0.3, -0.25) is 4.79 Å². The molecule has 0 saturated carbocycles. The zero-order valence-electron chi connectivity index (χ0n) is 20.7. The third-order valence-electron chi connectivity index (χ3n) is 6.33. The van der Waals surface area contributed by atoms with E-state index in [2.05, 4.69) is 45.2 Å². The Hall–Kier alpha value is -3.68. The number of aromatic amines is 1. The first-order valence-electron chi connectivity index (χ1n) is 11.6. The number of H-pyrrole nitrogens is 1. The Balaban J connectivity index is 0.00000190. The molecule has 1 amide bonds. The molecule has 37 heavy (non-hydrogen) atoms. The van der Waals surface area contributed by atoms with E-state index >= 15 is 0 Å². The molecule has 0 saturated heterocycles. The number of methoxy groups -OCH3 is 2. The number of rotatable bonds is 6. The third-order valence-corrected chi connectivity index (χ3v) is 6.33. The standard InChI is InChI=1S/C28H28N4O3.2ClH/c1-34-25-13-22(14-26(15-25)35-2)28(33)32-11-10-31(18-24-16-29-19-30-24)27-9-8-21(12-23(27)17-32)20-6-4-3-5-7-20;;/h3-9,12-16,19H,10-11,17-18H2,1-2H3,(H,29,30);2*1H.